The van der Waals surface area contributed by atoms with Crippen LogP contribution in [0.4, 0.5) is 19.0 Å². The van der Waals surface area contributed by atoms with Gasteiger partial charge in [-0.3, -0.25) is 4.79 Å². The quantitative estimate of drug-likeness (QED) is 0.606. The molecule has 5 nitrogen and oxygen atoms in total. The fraction of sp³-hybridized carbons (Fsp3) is 0.524. The summed E-state index contributed by atoms with van der Waals surface area (Å²) < 4.78 is 43.0. The highest BCUT2D eigenvalue weighted by Gasteiger charge is 2.48. The minimum Gasteiger partial charge on any atom is -0.362 e. The van der Waals surface area contributed by atoms with E-state index in [1.165, 1.54) is 0 Å². The number of carbonyl (C=O) groups excluding carboxylic acids is 1. The first kappa shape index (κ1) is 21.2. The molecule has 0 aliphatic carbocycles. The van der Waals surface area contributed by atoms with Crippen molar-refractivity contribution >= 4 is 27.7 Å². The summed E-state index contributed by atoms with van der Waals surface area (Å²) in [6.45, 7) is 2.63. The van der Waals surface area contributed by atoms with Crippen LogP contribution in [0.15, 0.2) is 34.8 Å². The van der Waals surface area contributed by atoms with Gasteiger partial charge in [-0.1, -0.05) is 37.3 Å². The molecule has 1 saturated heterocycles. The number of likely N-dealkylation sites (tertiary alicyclic amines) is 1. The molecule has 1 amide bonds. The highest BCUT2D eigenvalue weighted by atomic mass is 79.9. The van der Waals surface area contributed by atoms with Gasteiger partial charge in [-0.15, -0.1) is 0 Å². The first-order valence-electron chi connectivity index (χ1n) is 10.3. The van der Waals surface area contributed by atoms with Crippen molar-refractivity contribution in [2.75, 3.05) is 11.9 Å². The van der Waals surface area contributed by atoms with Gasteiger partial charge < -0.3 is 10.2 Å². The van der Waals surface area contributed by atoms with Gasteiger partial charge in [0.25, 0.3) is 5.91 Å². The Morgan fingerprint density at radius 1 is 1.27 bits per heavy atom. The average molecular weight is 485 g/mol. The summed E-state index contributed by atoms with van der Waals surface area (Å²) in [4.78, 5) is 15.0. The van der Waals surface area contributed by atoms with Crippen LogP contribution in [-0.2, 0) is 0 Å². The Morgan fingerprint density at radius 2 is 2.00 bits per heavy atom. The molecule has 2 aliphatic heterocycles. The summed E-state index contributed by atoms with van der Waals surface area (Å²) in [5.41, 5.74) is 0.807. The van der Waals surface area contributed by atoms with Crippen molar-refractivity contribution in [1.82, 2.24) is 14.7 Å². The van der Waals surface area contributed by atoms with Gasteiger partial charge in [-0.25, -0.2) is 4.68 Å². The van der Waals surface area contributed by atoms with Crippen LogP contribution >= 0.6 is 15.9 Å². The molecule has 0 radical (unpaired) electrons. The van der Waals surface area contributed by atoms with Crippen LogP contribution in [0.1, 0.15) is 67.2 Å². The number of nitrogens with one attached hydrogen (secondary N) is 1. The van der Waals surface area contributed by atoms with E-state index in [1.807, 2.05) is 13.0 Å². The van der Waals surface area contributed by atoms with Gasteiger partial charge in [0.1, 0.15) is 5.82 Å². The molecular formula is C21H24BrF3N4O. The minimum atomic E-state index is -4.48. The minimum absolute atomic E-state index is 0.0424. The average Bonchev–Trinajstić information content (AvgIpc) is 3.09. The van der Waals surface area contributed by atoms with Crippen LogP contribution in [0.5, 0.6) is 0 Å². The number of fused-ring (bicyclic) bond motifs is 1. The topological polar surface area (TPSA) is 50.2 Å². The molecule has 1 aromatic carbocycles. The van der Waals surface area contributed by atoms with E-state index in [1.54, 1.807) is 29.2 Å². The molecule has 1 N–H and O–H groups in total. The van der Waals surface area contributed by atoms with Crippen molar-refractivity contribution in [1.29, 1.82) is 0 Å². The van der Waals surface area contributed by atoms with Gasteiger partial charge >= 0.3 is 6.18 Å². The lowest BCUT2D eigenvalue weighted by atomic mass is 9.97. The smallest absolute Gasteiger partial charge is 0.362 e. The van der Waals surface area contributed by atoms with E-state index >= 15 is 0 Å². The number of hydrogen-bond donors (Lipinski definition) is 1. The molecule has 2 aliphatic rings. The number of carbonyl (C=O) groups is 1. The first-order valence-corrected chi connectivity index (χ1v) is 11.1. The van der Waals surface area contributed by atoms with Crippen LogP contribution in [0.3, 0.4) is 0 Å². The normalized spacial score (nSPS) is 24.3. The number of hydrogen-bond acceptors (Lipinski definition) is 3. The van der Waals surface area contributed by atoms with Crippen molar-refractivity contribution in [3.63, 3.8) is 0 Å². The number of benzene rings is 1. The van der Waals surface area contributed by atoms with E-state index < -0.39 is 18.3 Å². The van der Waals surface area contributed by atoms with E-state index in [9.17, 15) is 18.0 Å². The van der Waals surface area contributed by atoms with Crippen LogP contribution in [0.2, 0.25) is 0 Å². The zero-order chi connectivity index (χ0) is 21.5. The molecule has 3 heterocycles. The molecule has 0 saturated carbocycles. The fourth-order valence-electron chi connectivity index (χ4n) is 4.46. The van der Waals surface area contributed by atoms with Gasteiger partial charge in [-0.2, -0.15) is 18.3 Å². The third-order valence-electron chi connectivity index (χ3n) is 6.06. The first-order chi connectivity index (χ1) is 14.3. The fourth-order valence-corrected chi connectivity index (χ4v) is 5.00. The van der Waals surface area contributed by atoms with Gasteiger partial charge in [0.05, 0.1) is 10.5 Å². The predicted octanol–water partition coefficient (Wildman–Crippen LogP) is 5.71. The Morgan fingerprint density at radius 3 is 2.67 bits per heavy atom. The van der Waals surface area contributed by atoms with Crippen molar-refractivity contribution in [2.24, 2.45) is 0 Å². The van der Waals surface area contributed by atoms with E-state index in [4.69, 9.17) is 0 Å². The van der Waals surface area contributed by atoms with Gasteiger partial charge in [0.2, 0.25) is 0 Å². The lowest BCUT2D eigenvalue weighted by Crippen LogP contribution is -2.43. The summed E-state index contributed by atoms with van der Waals surface area (Å²) >= 11 is 3.38. The Balaban J connectivity index is 1.72. The summed E-state index contributed by atoms with van der Waals surface area (Å²) in [5.74, 6) is -0.111. The standard InChI is InChI=1S/C21H24BrF3N4O/c1-2-14-10-6-7-11-28(14)20(30)18-17(22)19-26-15(13-8-4-3-5-9-13)12-16(21(23,24)25)29(19)27-18/h3-5,8-9,14-16,26H,2,6-7,10-12H2,1H3/t14-,15-,16+/m1/s1. The SMILES string of the molecule is CC[C@@H]1CCCCN1C(=O)c1nn2c(c1Br)N[C@@H](c1ccccc1)C[C@H]2C(F)(F)F. The number of amides is 1. The highest BCUT2D eigenvalue weighted by molar-refractivity contribution is 9.10. The number of piperidine rings is 1. The zero-order valence-electron chi connectivity index (χ0n) is 16.6. The lowest BCUT2D eigenvalue weighted by molar-refractivity contribution is -0.173. The number of halogens is 4. The van der Waals surface area contributed by atoms with Crippen LogP contribution in [-0.4, -0.2) is 39.4 Å². The van der Waals surface area contributed by atoms with Crippen LogP contribution in [0, 0.1) is 0 Å². The third-order valence-corrected chi connectivity index (χ3v) is 6.81. The van der Waals surface area contributed by atoms with E-state index in [-0.39, 0.29) is 29.9 Å². The molecule has 0 unspecified atom stereocenters. The molecule has 2 aromatic rings. The number of alkyl halides is 3. The zero-order valence-corrected chi connectivity index (χ0v) is 18.2. The third kappa shape index (κ3) is 3.84. The monoisotopic (exact) mass is 484 g/mol. The molecule has 4 rings (SSSR count). The molecule has 9 heteroatoms. The second-order valence-corrected chi connectivity index (χ2v) is 8.71. The maximum Gasteiger partial charge on any atom is 0.410 e. The van der Waals surface area contributed by atoms with Crippen molar-refractivity contribution in [3.8, 4) is 0 Å². The molecule has 162 valence electrons. The van der Waals surface area contributed by atoms with Gasteiger partial charge in [0, 0.05) is 19.0 Å². The second kappa shape index (κ2) is 8.24. The molecule has 3 atom stereocenters. The Labute approximate surface area is 181 Å². The van der Waals surface area contributed by atoms with Crippen molar-refractivity contribution in [3.05, 3.63) is 46.1 Å². The van der Waals surface area contributed by atoms with Crippen LogP contribution < -0.4 is 5.32 Å². The van der Waals surface area contributed by atoms with Crippen molar-refractivity contribution in [2.45, 2.75) is 63.3 Å². The summed E-state index contributed by atoms with van der Waals surface area (Å²) in [6, 6.07) is 6.80. The second-order valence-electron chi connectivity index (χ2n) is 7.91. The molecular weight excluding hydrogens is 461 g/mol. The Kier molecular flexibility index (Phi) is 5.83. The summed E-state index contributed by atoms with van der Waals surface area (Å²) in [5, 5.41) is 7.34. The molecule has 0 spiro atoms. The number of rotatable bonds is 3. The molecule has 1 fully saturated rings. The molecule has 0 bridgehead atoms. The summed E-state index contributed by atoms with van der Waals surface area (Å²) in [6.07, 6.45) is -0.994. The maximum absolute atomic E-state index is 13.9. The number of aromatic nitrogens is 2. The number of nitrogens with zero attached hydrogens (tertiary/aromatic N) is 3. The van der Waals surface area contributed by atoms with E-state index in [0.29, 0.717) is 11.0 Å². The van der Waals surface area contributed by atoms with Crippen LogP contribution in [0.25, 0.3) is 0 Å². The molecule has 30 heavy (non-hydrogen) atoms. The number of anilines is 1. The Hall–Kier alpha value is -2.03. The van der Waals surface area contributed by atoms with E-state index in [0.717, 1.165) is 35.9 Å². The highest BCUT2D eigenvalue weighted by Crippen LogP contribution is 2.46. The van der Waals surface area contributed by atoms with Gasteiger partial charge in [-0.05, 0) is 47.2 Å². The largest absolute Gasteiger partial charge is 0.410 e. The lowest BCUT2D eigenvalue weighted by Gasteiger charge is -2.34. The summed E-state index contributed by atoms with van der Waals surface area (Å²) in [7, 11) is 0. The molecule has 1 aromatic heterocycles. The van der Waals surface area contributed by atoms with Gasteiger partial charge in [0.15, 0.2) is 11.7 Å². The van der Waals surface area contributed by atoms with Crippen molar-refractivity contribution < 1.29 is 18.0 Å². The predicted molar refractivity (Wildman–Crippen MR) is 111 cm³/mol. The van der Waals surface area contributed by atoms with E-state index in [2.05, 4.69) is 26.3 Å². The maximum atomic E-state index is 13.9. The Bertz CT molecular complexity index is 915.